The minimum atomic E-state index is 0. The van der Waals surface area contributed by atoms with E-state index in [0.717, 1.165) is 0 Å². The predicted molar refractivity (Wildman–Crippen MR) is 19.9 cm³/mol. The van der Waals surface area contributed by atoms with Crippen molar-refractivity contribution >= 4 is 28.3 Å². The zero-order chi connectivity index (χ0) is 0. The fourth-order valence-electron chi connectivity index (χ4n) is 0. The molecule has 0 aromatic carbocycles. The second kappa shape index (κ2) is 17.5. The fraction of sp³-hybridized carbons (Fsp3) is 0. The molecule has 4 heteroatoms. The zero-order valence-electron chi connectivity index (χ0n) is 1.88. The first-order chi connectivity index (χ1) is 0. The number of hydrogen-bond acceptors (Lipinski definition) is 0. The van der Waals surface area contributed by atoms with Crippen molar-refractivity contribution in [1.82, 2.24) is 0 Å². The third-order valence-corrected chi connectivity index (χ3v) is 0. The van der Waals surface area contributed by atoms with Gasteiger partial charge in [-0.15, -0.1) is 0 Å². The SMILES string of the molecule is [AlH3].[Au].[SiH3].[Y]. The average molecular weight is 347 g/mol. The standard InChI is InChI=1S/Al.Au.H3Si.Y.3H/h;;1H3;;;;. The topological polar surface area (TPSA) is 0 Å². The molecule has 0 saturated carbocycles. The molecule has 3 radical (unpaired) electrons. The summed E-state index contributed by atoms with van der Waals surface area (Å²) in [6, 6.07) is 0. The van der Waals surface area contributed by atoms with E-state index in [2.05, 4.69) is 0 Å². The summed E-state index contributed by atoms with van der Waals surface area (Å²) < 4.78 is 0. The van der Waals surface area contributed by atoms with Crippen molar-refractivity contribution in [2.24, 2.45) is 0 Å². The van der Waals surface area contributed by atoms with Crippen LogP contribution in [-0.4, -0.2) is 28.3 Å². The van der Waals surface area contributed by atoms with Crippen LogP contribution in [0.5, 0.6) is 0 Å². The summed E-state index contributed by atoms with van der Waals surface area (Å²) in [7, 11) is 0. The van der Waals surface area contributed by atoms with Gasteiger partial charge in [-0.1, -0.05) is 0 Å². The van der Waals surface area contributed by atoms with E-state index in [4.69, 9.17) is 0 Å². The van der Waals surface area contributed by atoms with E-state index in [0.29, 0.717) is 0 Å². The van der Waals surface area contributed by atoms with Crippen LogP contribution < -0.4 is 0 Å². The molecule has 0 unspecified atom stereocenters. The molecule has 0 heterocycles. The first-order valence-electron chi connectivity index (χ1n) is 0. The van der Waals surface area contributed by atoms with Gasteiger partial charge in [-0.25, -0.2) is 0 Å². The maximum Gasteiger partial charge on any atom is 0.187 e. The molecule has 0 amide bonds. The first-order valence-corrected chi connectivity index (χ1v) is 0. The summed E-state index contributed by atoms with van der Waals surface area (Å²) in [6.07, 6.45) is 0. The van der Waals surface area contributed by atoms with E-state index in [9.17, 15) is 0 Å². The van der Waals surface area contributed by atoms with E-state index in [1.165, 1.54) is 0 Å². The minimum Gasteiger partial charge on any atom is -0.0125 e. The number of hydrogen-bond donors (Lipinski definition) is 0. The summed E-state index contributed by atoms with van der Waals surface area (Å²) >= 11 is 0. The van der Waals surface area contributed by atoms with Crippen molar-refractivity contribution in [1.29, 1.82) is 0 Å². The van der Waals surface area contributed by atoms with E-state index in [1.54, 1.807) is 0 Å². The molecule has 0 N–H and O–H groups in total. The predicted octanol–water partition coefficient (Wildman–Crippen LogP) is -2.37. The molecule has 4 heavy (non-hydrogen) atoms. The fourth-order valence-corrected chi connectivity index (χ4v) is 0. The van der Waals surface area contributed by atoms with Gasteiger partial charge in [0.05, 0.1) is 0 Å². The third kappa shape index (κ3) is 8.82. The molecule has 0 fully saturated rings. The van der Waals surface area contributed by atoms with E-state index in [-0.39, 0.29) is 83.4 Å². The van der Waals surface area contributed by atoms with Crippen LogP contribution in [0.3, 0.4) is 0 Å². The Kier molecular flexibility index (Phi) is 135. The molecule has 0 nitrogen and oxygen atoms in total. The Morgan fingerprint density at radius 3 is 1.00 bits per heavy atom. The maximum atomic E-state index is 0. The molecule has 0 atom stereocenters. The molecule has 0 aliphatic heterocycles. The van der Waals surface area contributed by atoms with Gasteiger partial charge in [0.15, 0.2) is 17.4 Å². The van der Waals surface area contributed by atoms with Gasteiger partial charge < -0.3 is 0 Å². The van der Waals surface area contributed by atoms with Crippen LogP contribution >= 0.6 is 0 Å². The van der Waals surface area contributed by atoms with Gasteiger partial charge in [-0.3, -0.25) is 0 Å². The summed E-state index contributed by atoms with van der Waals surface area (Å²) in [4.78, 5) is 0. The Labute approximate surface area is 82.0 Å². The van der Waals surface area contributed by atoms with Gasteiger partial charge >= 0.3 is 0 Å². The van der Waals surface area contributed by atoms with Gasteiger partial charge in [-0.05, 0) is 11.0 Å². The summed E-state index contributed by atoms with van der Waals surface area (Å²) in [6.45, 7) is 0. The van der Waals surface area contributed by atoms with Gasteiger partial charge in [0.25, 0.3) is 0 Å². The Morgan fingerprint density at radius 1 is 1.00 bits per heavy atom. The normalized spacial score (nSPS) is 0. The Balaban J connectivity index is 0. The van der Waals surface area contributed by atoms with Gasteiger partial charge in [0, 0.05) is 55.1 Å². The van der Waals surface area contributed by atoms with Crippen LogP contribution in [0.15, 0.2) is 0 Å². The second-order valence-corrected chi connectivity index (χ2v) is 0. The molecule has 0 aliphatic rings. The first kappa shape index (κ1) is 30.7. The quantitative estimate of drug-likeness (QED) is 0.430. The van der Waals surface area contributed by atoms with Gasteiger partial charge in [-0.2, -0.15) is 0 Å². The maximum absolute atomic E-state index is 0. The van der Waals surface area contributed by atoms with Crippen molar-refractivity contribution in [3.8, 4) is 0 Å². The minimum absolute atomic E-state index is 0. The Bertz CT molecular complexity index is 8.00. The Morgan fingerprint density at radius 2 is 1.00 bits per heavy atom. The molecule has 27 valence electrons. The monoisotopic (exact) mass is 347 g/mol. The largest absolute Gasteiger partial charge is 0.187 e. The van der Waals surface area contributed by atoms with Crippen molar-refractivity contribution in [2.75, 3.05) is 0 Å². The van der Waals surface area contributed by atoms with Crippen LogP contribution in [0.4, 0.5) is 0 Å². The van der Waals surface area contributed by atoms with Crippen LogP contribution in [0, 0.1) is 0 Å². The molecule has 0 aromatic heterocycles. The molecule has 0 rings (SSSR count). The molecule has 0 saturated heterocycles. The second-order valence-electron chi connectivity index (χ2n) is 0. The van der Waals surface area contributed by atoms with Crippen LogP contribution in [0.25, 0.3) is 0 Å². The van der Waals surface area contributed by atoms with Crippen molar-refractivity contribution < 1.29 is 55.1 Å². The third-order valence-electron chi connectivity index (χ3n) is 0. The molecule has 0 aliphatic carbocycles. The summed E-state index contributed by atoms with van der Waals surface area (Å²) in [5, 5.41) is 0. The van der Waals surface area contributed by atoms with Crippen molar-refractivity contribution in [3.05, 3.63) is 0 Å². The van der Waals surface area contributed by atoms with Crippen LogP contribution in [0.1, 0.15) is 0 Å². The molecule has 0 spiro atoms. The molecular formula is H6AlAuSiY. The zero-order valence-corrected chi connectivity index (χ0v) is 8.88. The number of rotatable bonds is 0. The van der Waals surface area contributed by atoms with Gasteiger partial charge in [0.1, 0.15) is 0 Å². The molecular weight excluding hydrogens is 341 g/mol. The van der Waals surface area contributed by atoms with E-state index in [1.807, 2.05) is 0 Å². The van der Waals surface area contributed by atoms with Crippen molar-refractivity contribution in [3.63, 3.8) is 0 Å². The van der Waals surface area contributed by atoms with E-state index >= 15 is 0 Å². The Hall–Kier alpha value is 2.59. The van der Waals surface area contributed by atoms with Crippen LogP contribution in [-0.2, 0) is 55.1 Å². The summed E-state index contributed by atoms with van der Waals surface area (Å²) in [5.74, 6) is 0. The summed E-state index contributed by atoms with van der Waals surface area (Å²) in [5.41, 5.74) is 0. The smallest absolute Gasteiger partial charge is 0.0125 e. The van der Waals surface area contributed by atoms with Crippen molar-refractivity contribution in [2.45, 2.75) is 0 Å². The van der Waals surface area contributed by atoms with E-state index < -0.39 is 0 Å². The molecule has 0 aromatic rings. The average Bonchev–Trinajstić information content (AvgIpc) is 0. The molecule has 0 bridgehead atoms. The van der Waals surface area contributed by atoms with Gasteiger partial charge in [0.2, 0.25) is 0 Å². The van der Waals surface area contributed by atoms with Crippen LogP contribution in [0.2, 0.25) is 0 Å².